The molecule has 1 aliphatic rings. The fourth-order valence-corrected chi connectivity index (χ4v) is 3.26. The molecule has 122 valence electrons. The first-order chi connectivity index (χ1) is 11.0. The van der Waals surface area contributed by atoms with Gasteiger partial charge in [-0.1, -0.05) is 19.1 Å². The van der Waals surface area contributed by atoms with E-state index in [9.17, 15) is 14.4 Å². The van der Waals surface area contributed by atoms with Gasteiger partial charge < -0.3 is 9.47 Å². The average molecular weight is 315 g/mol. The number of amides is 1. The number of hydrogen-bond donors (Lipinski definition) is 0. The fraction of sp³-hybridized carbons (Fsp3) is 0.471. The van der Waals surface area contributed by atoms with Crippen LogP contribution in [-0.4, -0.2) is 33.0 Å². The SMILES string of the molecule is C[C@@H]1CCCN(C(=O)Cn2c(=O)c(=O)n(C)c3ccccc32)C1. The van der Waals surface area contributed by atoms with Gasteiger partial charge in [0.15, 0.2) is 0 Å². The van der Waals surface area contributed by atoms with Gasteiger partial charge in [-0.3, -0.25) is 19.0 Å². The highest BCUT2D eigenvalue weighted by Gasteiger charge is 2.22. The van der Waals surface area contributed by atoms with Crippen molar-refractivity contribution in [3.63, 3.8) is 0 Å². The van der Waals surface area contributed by atoms with E-state index in [0.717, 1.165) is 25.9 Å². The normalized spacial score (nSPS) is 18.3. The molecule has 6 heteroatoms. The molecule has 6 nitrogen and oxygen atoms in total. The molecule has 1 saturated heterocycles. The molecule has 0 radical (unpaired) electrons. The number of benzene rings is 1. The quantitative estimate of drug-likeness (QED) is 0.775. The first kappa shape index (κ1) is 15.5. The maximum atomic E-state index is 12.6. The molecule has 3 rings (SSSR count). The first-order valence-electron chi connectivity index (χ1n) is 7.95. The van der Waals surface area contributed by atoms with Crippen molar-refractivity contribution in [3.8, 4) is 0 Å². The first-order valence-corrected chi connectivity index (χ1v) is 7.95. The van der Waals surface area contributed by atoms with Crippen LogP contribution in [0.3, 0.4) is 0 Å². The summed E-state index contributed by atoms with van der Waals surface area (Å²) in [5, 5.41) is 0. The molecule has 0 bridgehead atoms. The van der Waals surface area contributed by atoms with E-state index in [-0.39, 0.29) is 12.5 Å². The summed E-state index contributed by atoms with van der Waals surface area (Å²) in [6.07, 6.45) is 2.11. The van der Waals surface area contributed by atoms with Gasteiger partial charge >= 0.3 is 11.1 Å². The molecule has 0 spiro atoms. The van der Waals surface area contributed by atoms with E-state index in [4.69, 9.17) is 0 Å². The Hall–Kier alpha value is -2.37. The third kappa shape index (κ3) is 2.81. The van der Waals surface area contributed by atoms with Gasteiger partial charge in [0.1, 0.15) is 6.54 Å². The van der Waals surface area contributed by atoms with Gasteiger partial charge in [-0.2, -0.15) is 0 Å². The Bertz CT molecular complexity index is 865. The van der Waals surface area contributed by atoms with Crippen molar-refractivity contribution in [1.29, 1.82) is 0 Å². The molecule has 1 aromatic carbocycles. The predicted octanol–water partition coefficient (Wildman–Crippen LogP) is 0.959. The van der Waals surface area contributed by atoms with Crippen LogP contribution in [0.1, 0.15) is 19.8 Å². The number of fused-ring (bicyclic) bond motifs is 1. The van der Waals surface area contributed by atoms with Gasteiger partial charge in [0.05, 0.1) is 11.0 Å². The molecular formula is C17H21N3O3. The third-order valence-electron chi connectivity index (χ3n) is 4.57. The minimum absolute atomic E-state index is 0.0812. The number of carbonyl (C=O) groups is 1. The van der Waals surface area contributed by atoms with E-state index in [1.165, 1.54) is 9.13 Å². The second-order valence-electron chi connectivity index (χ2n) is 6.33. The van der Waals surface area contributed by atoms with Gasteiger partial charge in [-0.25, -0.2) is 0 Å². The molecule has 0 aliphatic carbocycles. The van der Waals surface area contributed by atoms with Crippen LogP contribution in [0.25, 0.3) is 11.0 Å². The van der Waals surface area contributed by atoms with Crippen LogP contribution >= 0.6 is 0 Å². The van der Waals surface area contributed by atoms with Gasteiger partial charge in [0, 0.05) is 20.1 Å². The monoisotopic (exact) mass is 315 g/mol. The lowest BCUT2D eigenvalue weighted by Crippen LogP contribution is -2.46. The second-order valence-corrected chi connectivity index (χ2v) is 6.33. The summed E-state index contributed by atoms with van der Waals surface area (Å²) in [4.78, 5) is 38.8. The summed E-state index contributed by atoms with van der Waals surface area (Å²) in [6.45, 7) is 3.48. The number of carbonyl (C=O) groups excluding carboxylic acids is 1. The van der Waals surface area contributed by atoms with Crippen molar-refractivity contribution >= 4 is 16.9 Å². The number of aromatic nitrogens is 2. The summed E-state index contributed by atoms with van der Waals surface area (Å²) in [6, 6.07) is 7.16. The van der Waals surface area contributed by atoms with E-state index >= 15 is 0 Å². The number of rotatable bonds is 2. The highest BCUT2D eigenvalue weighted by atomic mass is 16.2. The van der Waals surface area contributed by atoms with Crippen LogP contribution in [0.2, 0.25) is 0 Å². The van der Waals surface area contributed by atoms with Gasteiger partial charge in [-0.05, 0) is 30.9 Å². The molecule has 0 N–H and O–H groups in total. The predicted molar refractivity (Wildman–Crippen MR) is 88.4 cm³/mol. The van der Waals surface area contributed by atoms with E-state index in [2.05, 4.69) is 6.92 Å². The number of hydrogen-bond acceptors (Lipinski definition) is 3. The molecule has 2 heterocycles. The Morgan fingerprint density at radius 2 is 1.87 bits per heavy atom. The van der Waals surface area contributed by atoms with E-state index in [0.29, 0.717) is 17.0 Å². The number of nitrogens with zero attached hydrogens (tertiary/aromatic N) is 3. The summed E-state index contributed by atoms with van der Waals surface area (Å²) in [5.41, 5.74) is 0.00282. The van der Waals surface area contributed by atoms with Gasteiger partial charge in [0.2, 0.25) is 5.91 Å². The molecule has 1 amide bonds. The van der Waals surface area contributed by atoms with Gasteiger partial charge in [0.25, 0.3) is 0 Å². The summed E-state index contributed by atoms with van der Waals surface area (Å²) in [5.74, 6) is 0.377. The van der Waals surface area contributed by atoms with Crippen LogP contribution in [0.4, 0.5) is 0 Å². The van der Waals surface area contributed by atoms with Gasteiger partial charge in [-0.15, -0.1) is 0 Å². The number of piperidine rings is 1. The highest BCUT2D eigenvalue weighted by molar-refractivity contribution is 5.80. The molecule has 0 saturated carbocycles. The smallest absolute Gasteiger partial charge is 0.317 e. The maximum Gasteiger partial charge on any atom is 0.317 e. The van der Waals surface area contributed by atoms with Crippen LogP contribution in [0.5, 0.6) is 0 Å². The van der Waals surface area contributed by atoms with Crippen molar-refractivity contribution in [2.24, 2.45) is 13.0 Å². The molecule has 1 fully saturated rings. The Labute approximate surface area is 133 Å². The second kappa shape index (κ2) is 6.02. The summed E-state index contributed by atoms with van der Waals surface area (Å²) >= 11 is 0. The van der Waals surface area contributed by atoms with E-state index in [1.807, 2.05) is 6.07 Å². The lowest BCUT2D eigenvalue weighted by molar-refractivity contribution is -0.133. The standard InChI is InChI=1S/C17H21N3O3/c1-12-6-5-9-19(10-12)15(21)11-20-14-8-4-3-7-13(14)18(2)16(22)17(20)23/h3-4,7-8,12H,5-6,9-11H2,1-2H3/t12-/m1/s1. The van der Waals surface area contributed by atoms with E-state index < -0.39 is 11.1 Å². The molecule has 2 aromatic rings. The van der Waals surface area contributed by atoms with E-state index in [1.54, 1.807) is 30.1 Å². The Kier molecular flexibility index (Phi) is 4.07. The molecule has 23 heavy (non-hydrogen) atoms. The Balaban J connectivity index is 2.02. The molecule has 1 atom stereocenters. The summed E-state index contributed by atoms with van der Waals surface area (Å²) < 4.78 is 2.64. The minimum atomic E-state index is -0.649. The average Bonchev–Trinajstić information content (AvgIpc) is 2.56. The maximum absolute atomic E-state index is 12.6. The van der Waals surface area contributed by atoms with Crippen LogP contribution in [0.15, 0.2) is 33.9 Å². The summed E-state index contributed by atoms with van der Waals surface area (Å²) in [7, 11) is 1.57. The Morgan fingerprint density at radius 1 is 1.17 bits per heavy atom. The lowest BCUT2D eigenvalue weighted by atomic mass is 10.0. The number of para-hydroxylation sites is 2. The lowest BCUT2D eigenvalue weighted by Gasteiger charge is -2.31. The zero-order chi connectivity index (χ0) is 16.6. The molecular weight excluding hydrogens is 294 g/mol. The highest BCUT2D eigenvalue weighted by Crippen LogP contribution is 2.16. The molecule has 1 aliphatic heterocycles. The van der Waals surface area contributed by atoms with Crippen molar-refractivity contribution in [3.05, 3.63) is 45.0 Å². The zero-order valence-corrected chi connectivity index (χ0v) is 13.5. The largest absolute Gasteiger partial charge is 0.341 e. The van der Waals surface area contributed by atoms with Crippen molar-refractivity contribution < 1.29 is 4.79 Å². The molecule has 1 aromatic heterocycles. The zero-order valence-electron chi connectivity index (χ0n) is 13.5. The molecule has 0 unspecified atom stereocenters. The third-order valence-corrected chi connectivity index (χ3v) is 4.57. The van der Waals surface area contributed by atoms with Crippen molar-refractivity contribution in [1.82, 2.24) is 14.0 Å². The van der Waals surface area contributed by atoms with Crippen molar-refractivity contribution in [2.75, 3.05) is 13.1 Å². The van der Waals surface area contributed by atoms with Crippen molar-refractivity contribution in [2.45, 2.75) is 26.3 Å². The number of likely N-dealkylation sites (tertiary alicyclic amines) is 1. The minimum Gasteiger partial charge on any atom is -0.341 e. The van der Waals surface area contributed by atoms with Crippen LogP contribution in [-0.2, 0) is 18.4 Å². The number of aryl methyl sites for hydroxylation is 1. The topological polar surface area (TPSA) is 64.3 Å². The fourth-order valence-electron chi connectivity index (χ4n) is 3.26. The van der Waals surface area contributed by atoms with Crippen LogP contribution < -0.4 is 11.1 Å². The Morgan fingerprint density at radius 3 is 2.57 bits per heavy atom. The van der Waals surface area contributed by atoms with Crippen LogP contribution in [0, 0.1) is 5.92 Å².